The molecule has 1 fully saturated rings. The quantitative estimate of drug-likeness (QED) is 0.544. The highest BCUT2D eigenvalue weighted by Crippen LogP contribution is 2.24. The Labute approximate surface area is 125 Å². The van der Waals surface area contributed by atoms with Crippen molar-refractivity contribution in [3.8, 4) is 0 Å². The van der Waals surface area contributed by atoms with E-state index in [9.17, 15) is 0 Å². The molecule has 0 aromatic rings. The van der Waals surface area contributed by atoms with E-state index in [0.717, 1.165) is 19.6 Å². The molecule has 3 heteroatoms. The van der Waals surface area contributed by atoms with Crippen molar-refractivity contribution in [1.29, 1.82) is 0 Å². The Hall–Kier alpha value is -0.120. The molecule has 1 atom stereocenters. The summed E-state index contributed by atoms with van der Waals surface area (Å²) in [5.41, 5.74) is 0. The summed E-state index contributed by atoms with van der Waals surface area (Å²) < 4.78 is 11.4. The van der Waals surface area contributed by atoms with E-state index < -0.39 is 0 Å². The van der Waals surface area contributed by atoms with Crippen molar-refractivity contribution in [3.05, 3.63) is 0 Å². The van der Waals surface area contributed by atoms with Crippen LogP contribution in [0, 0.1) is 0 Å². The molecule has 0 radical (unpaired) electrons. The Morgan fingerprint density at radius 2 is 1.60 bits per heavy atom. The number of unbranched alkanes of at least 4 members (excludes halogenated alkanes) is 6. The van der Waals surface area contributed by atoms with Crippen molar-refractivity contribution in [1.82, 2.24) is 5.32 Å². The molecule has 0 aromatic carbocycles. The predicted octanol–water partition coefficient (Wildman–Crippen LogP) is 4.26. The summed E-state index contributed by atoms with van der Waals surface area (Å²) in [5, 5.41) is 3.54. The molecule has 0 spiro atoms. The number of hydrogen-bond donors (Lipinski definition) is 1. The lowest BCUT2D eigenvalue weighted by Crippen LogP contribution is -2.22. The number of hydrogen-bond acceptors (Lipinski definition) is 3. The fraction of sp³-hybridized carbons (Fsp3) is 1.00. The van der Waals surface area contributed by atoms with Crippen LogP contribution in [0.2, 0.25) is 0 Å². The van der Waals surface area contributed by atoms with Crippen molar-refractivity contribution in [2.45, 2.75) is 90.4 Å². The summed E-state index contributed by atoms with van der Waals surface area (Å²) in [4.78, 5) is 0. The highest BCUT2D eigenvalue weighted by atomic mass is 16.7. The largest absolute Gasteiger partial charge is 0.348 e. The van der Waals surface area contributed by atoms with E-state index in [4.69, 9.17) is 9.47 Å². The molecule has 1 unspecified atom stereocenters. The van der Waals surface area contributed by atoms with Gasteiger partial charge in [0.1, 0.15) is 0 Å². The summed E-state index contributed by atoms with van der Waals surface area (Å²) in [6.07, 6.45) is 12.3. The number of rotatable bonds is 12. The Bertz CT molecular complexity index is 231. The topological polar surface area (TPSA) is 30.5 Å². The second-order valence-corrected chi connectivity index (χ2v) is 6.46. The minimum Gasteiger partial charge on any atom is -0.348 e. The Morgan fingerprint density at radius 3 is 2.25 bits per heavy atom. The predicted molar refractivity (Wildman–Crippen MR) is 85.0 cm³/mol. The zero-order chi connectivity index (χ0) is 14.7. The summed E-state index contributed by atoms with van der Waals surface area (Å²) in [7, 11) is 0. The fourth-order valence-electron chi connectivity index (χ4n) is 2.69. The molecule has 0 bridgehead atoms. The van der Waals surface area contributed by atoms with E-state index in [1.807, 2.05) is 13.8 Å². The van der Waals surface area contributed by atoms with Gasteiger partial charge in [0, 0.05) is 0 Å². The van der Waals surface area contributed by atoms with Gasteiger partial charge in [-0.25, -0.2) is 0 Å². The van der Waals surface area contributed by atoms with Crippen LogP contribution in [0.25, 0.3) is 0 Å². The summed E-state index contributed by atoms with van der Waals surface area (Å²) in [6.45, 7) is 9.29. The molecule has 20 heavy (non-hydrogen) atoms. The Balaban J connectivity index is 1.77. The molecule has 0 aliphatic carbocycles. The van der Waals surface area contributed by atoms with Gasteiger partial charge in [-0.3, -0.25) is 0 Å². The molecular weight excluding hydrogens is 250 g/mol. The third-order valence-corrected chi connectivity index (χ3v) is 3.90. The molecule has 1 aliphatic heterocycles. The molecule has 1 rings (SSSR count). The van der Waals surface area contributed by atoms with Crippen molar-refractivity contribution < 1.29 is 9.47 Å². The van der Waals surface area contributed by atoms with Gasteiger partial charge in [-0.15, -0.1) is 0 Å². The maximum atomic E-state index is 5.79. The van der Waals surface area contributed by atoms with Gasteiger partial charge in [-0.05, 0) is 46.2 Å². The van der Waals surface area contributed by atoms with E-state index in [0.29, 0.717) is 6.10 Å². The first-order chi connectivity index (χ1) is 9.64. The molecule has 3 nitrogen and oxygen atoms in total. The first-order valence-corrected chi connectivity index (χ1v) is 8.66. The normalized spacial score (nSPS) is 21.4. The van der Waals surface area contributed by atoms with Crippen LogP contribution in [0.4, 0.5) is 0 Å². The highest BCUT2D eigenvalue weighted by Gasteiger charge is 2.31. The molecule has 1 saturated heterocycles. The SMILES string of the molecule is CCCCCCCCCNCCCC1COC(C)(C)O1. The molecule has 1 aliphatic rings. The van der Waals surface area contributed by atoms with Gasteiger partial charge in [0.05, 0.1) is 12.7 Å². The van der Waals surface area contributed by atoms with Crippen LogP contribution < -0.4 is 5.32 Å². The van der Waals surface area contributed by atoms with E-state index in [-0.39, 0.29) is 5.79 Å². The zero-order valence-electron chi connectivity index (χ0n) is 13.9. The number of nitrogens with one attached hydrogen (secondary N) is 1. The van der Waals surface area contributed by atoms with Crippen LogP contribution in [0.1, 0.15) is 78.6 Å². The lowest BCUT2D eigenvalue weighted by atomic mass is 10.1. The number of ether oxygens (including phenoxy) is 2. The van der Waals surface area contributed by atoms with E-state index in [2.05, 4.69) is 12.2 Å². The molecule has 1 heterocycles. The average molecular weight is 285 g/mol. The molecular formula is C17H35NO2. The lowest BCUT2D eigenvalue weighted by molar-refractivity contribution is -0.139. The summed E-state index contributed by atoms with van der Waals surface area (Å²) in [5.74, 6) is -0.365. The van der Waals surface area contributed by atoms with Crippen LogP contribution in [0.3, 0.4) is 0 Å². The zero-order valence-corrected chi connectivity index (χ0v) is 13.9. The Kier molecular flexibility index (Phi) is 9.49. The van der Waals surface area contributed by atoms with E-state index in [1.165, 1.54) is 57.9 Å². The highest BCUT2D eigenvalue weighted by molar-refractivity contribution is 4.71. The van der Waals surface area contributed by atoms with Crippen LogP contribution in [-0.2, 0) is 9.47 Å². The van der Waals surface area contributed by atoms with Crippen molar-refractivity contribution in [2.24, 2.45) is 0 Å². The van der Waals surface area contributed by atoms with Gasteiger partial charge >= 0.3 is 0 Å². The Morgan fingerprint density at radius 1 is 0.950 bits per heavy atom. The van der Waals surface area contributed by atoms with Crippen molar-refractivity contribution in [2.75, 3.05) is 19.7 Å². The van der Waals surface area contributed by atoms with E-state index >= 15 is 0 Å². The van der Waals surface area contributed by atoms with Gasteiger partial charge in [0.15, 0.2) is 5.79 Å². The summed E-state index contributed by atoms with van der Waals surface area (Å²) >= 11 is 0. The minimum atomic E-state index is -0.365. The third kappa shape index (κ3) is 8.93. The lowest BCUT2D eigenvalue weighted by Gasteiger charge is -2.17. The van der Waals surface area contributed by atoms with Crippen LogP contribution in [-0.4, -0.2) is 31.6 Å². The second kappa shape index (κ2) is 10.6. The van der Waals surface area contributed by atoms with Gasteiger partial charge in [-0.1, -0.05) is 45.4 Å². The molecule has 0 aromatic heterocycles. The van der Waals surface area contributed by atoms with Crippen LogP contribution >= 0.6 is 0 Å². The average Bonchev–Trinajstić information content (AvgIpc) is 2.75. The minimum absolute atomic E-state index is 0.297. The second-order valence-electron chi connectivity index (χ2n) is 6.46. The van der Waals surface area contributed by atoms with Crippen molar-refractivity contribution >= 4 is 0 Å². The molecule has 0 saturated carbocycles. The van der Waals surface area contributed by atoms with Gasteiger partial charge in [-0.2, -0.15) is 0 Å². The van der Waals surface area contributed by atoms with Crippen molar-refractivity contribution in [3.63, 3.8) is 0 Å². The first-order valence-electron chi connectivity index (χ1n) is 8.66. The van der Waals surface area contributed by atoms with Gasteiger partial charge in [0.2, 0.25) is 0 Å². The smallest absolute Gasteiger partial charge is 0.163 e. The maximum Gasteiger partial charge on any atom is 0.163 e. The first kappa shape index (κ1) is 17.9. The molecule has 0 amide bonds. The van der Waals surface area contributed by atoms with Gasteiger partial charge in [0.25, 0.3) is 0 Å². The van der Waals surface area contributed by atoms with Gasteiger partial charge < -0.3 is 14.8 Å². The summed E-state index contributed by atoms with van der Waals surface area (Å²) in [6, 6.07) is 0. The third-order valence-electron chi connectivity index (χ3n) is 3.90. The molecule has 120 valence electrons. The monoisotopic (exact) mass is 285 g/mol. The standard InChI is InChI=1S/C17H35NO2/c1-4-5-6-7-8-9-10-13-18-14-11-12-16-15-19-17(2,3)20-16/h16,18H,4-15H2,1-3H3. The molecule has 1 N–H and O–H groups in total. The van der Waals surface area contributed by atoms with Crippen LogP contribution in [0.5, 0.6) is 0 Å². The van der Waals surface area contributed by atoms with Crippen LogP contribution in [0.15, 0.2) is 0 Å². The maximum absolute atomic E-state index is 5.79. The fourth-order valence-corrected chi connectivity index (χ4v) is 2.69. The van der Waals surface area contributed by atoms with E-state index in [1.54, 1.807) is 0 Å².